The first-order chi connectivity index (χ1) is 9.45. The van der Waals surface area contributed by atoms with Gasteiger partial charge < -0.3 is 5.32 Å². The van der Waals surface area contributed by atoms with Gasteiger partial charge in [-0.15, -0.1) is 0 Å². The Morgan fingerprint density at radius 1 is 1.30 bits per heavy atom. The lowest BCUT2D eigenvalue weighted by Crippen LogP contribution is -2.34. The van der Waals surface area contributed by atoms with Crippen LogP contribution in [0.25, 0.3) is 0 Å². The Bertz CT molecular complexity index is 506. The molecule has 20 heavy (non-hydrogen) atoms. The number of hydrogen-bond donors (Lipinski definition) is 1. The number of rotatable bonds is 2. The number of aromatic nitrogens is 1. The smallest absolute Gasteiger partial charge is 0.364 e. The molecule has 0 saturated carbocycles. The fourth-order valence-corrected chi connectivity index (χ4v) is 3.35. The van der Waals surface area contributed by atoms with Crippen LogP contribution < -0.4 is 5.32 Å². The summed E-state index contributed by atoms with van der Waals surface area (Å²) in [4.78, 5) is 6.25. The Hall–Kier alpha value is -1.01. The van der Waals surface area contributed by atoms with E-state index >= 15 is 0 Å². The maximum absolute atomic E-state index is 12.6. The third-order valence-electron chi connectivity index (χ3n) is 4.10. The molecule has 0 radical (unpaired) electrons. The summed E-state index contributed by atoms with van der Waals surface area (Å²) in [7, 11) is 0. The number of pyridine rings is 1. The van der Waals surface area contributed by atoms with Crippen LogP contribution in [0.1, 0.15) is 24.8 Å². The summed E-state index contributed by atoms with van der Waals surface area (Å²) in [6.45, 7) is 2.14. The van der Waals surface area contributed by atoms with E-state index in [2.05, 4.69) is 15.2 Å². The summed E-state index contributed by atoms with van der Waals surface area (Å²) in [6.07, 6.45) is -0.309. The fraction of sp³-hybridized carbons (Fsp3) is 0.615. The first-order valence-corrected chi connectivity index (χ1v) is 7.06. The van der Waals surface area contributed by atoms with Crippen LogP contribution in [-0.2, 0) is 6.18 Å². The second-order valence-electron chi connectivity index (χ2n) is 5.34. The van der Waals surface area contributed by atoms with Crippen molar-refractivity contribution < 1.29 is 13.2 Å². The summed E-state index contributed by atoms with van der Waals surface area (Å²) in [6, 6.07) is 1.60. The van der Waals surface area contributed by atoms with Crippen molar-refractivity contribution in [2.75, 3.05) is 18.4 Å². The highest BCUT2D eigenvalue weighted by Gasteiger charge is 2.37. The van der Waals surface area contributed by atoms with Gasteiger partial charge >= 0.3 is 6.18 Å². The number of alkyl halides is 3. The number of nitrogens with one attached hydrogen (secondary N) is 1. The third kappa shape index (κ3) is 2.59. The number of hydrogen-bond acceptors (Lipinski definition) is 3. The topological polar surface area (TPSA) is 28.2 Å². The highest BCUT2D eigenvalue weighted by atomic mass is 35.5. The van der Waals surface area contributed by atoms with E-state index in [9.17, 15) is 13.2 Å². The predicted molar refractivity (Wildman–Crippen MR) is 70.9 cm³/mol. The molecule has 7 heteroatoms. The highest BCUT2D eigenvalue weighted by molar-refractivity contribution is 6.33. The van der Waals surface area contributed by atoms with E-state index in [1.165, 1.54) is 6.42 Å². The standard InChI is InChI=1S/C13H15ClF3N3/c14-9-6-8(13(15,16)17)7-18-12(9)19-10-3-5-20-4-1-2-11(10)20/h6-7,10-11H,1-5H2,(H,18,19). The minimum absolute atomic E-state index is 0.0243. The summed E-state index contributed by atoms with van der Waals surface area (Å²) < 4.78 is 37.7. The molecule has 3 nitrogen and oxygen atoms in total. The van der Waals surface area contributed by atoms with Crippen molar-refractivity contribution in [2.45, 2.75) is 37.5 Å². The Balaban J connectivity index is 1.75. The predicted octanol–water partition coefficient (Wildman–Crippen LogP) is 3.40. The van der Waals surface area contributed by atoms with Gasteiger partial charge in [-0.3, -0.25) is 4.90 Å². The van der Waals surface area contributed by atoms with Gasteiger partial charge in [-0.1, -0.05) is 11.6 Å². The van der Waals surface area contributed by atoms with E-state index in [1.807, 2.05) is 0 Å². The van der Waals surface area contributed by atoms with E-state index in [-0.39, 0.29) is 11.1 Å². The molecule has 2 unspecified atom stereocenters. The van der Waals surface area contributed by atoms with Crippen molar-refractivity contribution in [3.8, 4) is 0 Å². The summed E-state index contributed by atoms with van der Waals surface area (Å²) in [5.74, 6) is 0.346. The molecule has 3 rings (SSSR count). The van der Waals surface area contributed by atoms with E-state index in [1.54, 1.807) is 0 Å². The van der Waals surface area contributed by atoms with Crippen LogP contribution >= 0.6 is 11.6 Å². The lowest BCUT2D eigenvalue weighted by atomic mass is 10.1. The summed E-state index contributed by atoms with van der Waals surface area (Å²) in [5.41, 5.74) is -0.818. The molecular formula is C13H15ClF3N3. The SMILES string of the molecule is FC(F)(F)c1cnc(NC2CCN3CCCC23)c(Cl)c1. The van der Waals surface area contributed by atoms with Crippen molar-refractivity contribution >= 4 is 17.4 Å². The molecule has 2 aliphatic heterocycles. The molecule has 2 atom stereocenters. The molecule has 2 aliphatic rings. The molecule has 2 saturated heterocycles. The first-order valence-electron chi connectivity index (χ1n) is 6.68. The van der Waals surface area contributed by atoms with Crippen LogP contribution in [0.15, 0.2) is 12.3 Å². The van der Waals surface area contributed by atoms with E-state index in [4.69, 9.17) is 11.6 Å². The molecule has 0 aliphatic carbocycles. The molecule has 110 valence electrons. The van der Waals surface area contributed by atoms with Gasteiger partial charge in [-0.2, -0.15) is 13.2 Å². The zero-order valence-electron chi connectivity index (χ0n) is 10.8. The van der Waals surface area contributed by atoms with Gasteiger partial charge in [0.25, 0.3) is 0 Å². The Labute approximate surface area is 120 Å². The molecular weight excluding hydrogens is 291 g/mol. The van der Waals surface area contributed by atoms with Crippen LogP contribution in [0.4, 0.5) is 19.0 Å². The number of nitrogens with zero attached hydrogens (tertiary/aromatic N) is 2. The van der Waals surface area contributed by atoms with Gasteiger partial charge in [0, 0.05) is 24.8 Å². The van der Waals surface area contributed by atoms with E-state index in [0.29, 0.717) is 11.9 Å². The molecule has 0 bridgehead atoms. The molecule has 1 aromatic rings. The lowest BCUT2D eigenvalue weighted by molar-refractivity contribution is -0.137. The molecule has 1 N–H and O–H groups in total. The van der Waals surface area contributed by atoms with Gasteiger partial charge in [-0.05, 0) is 31.9 Å². The normalized spacial score (nSPS) is 26.8. The molecule has 2 fully saturated rings. The monoisotopic (exact) mass is 305 g/mol. The molecule has 0 aromatic carbocycles. The first kappa shape index (κ1) is 13.9. The van der Waals surface area contributed by atoms with Gasteiger partial charge in [0.1, 0.15) is 5.82 Å². The number of halogens is 4. The maximum Gasteiger partial charge on any atom is 0.417 e. The van der Waals surface area contributed by atoms with Crippen molar-refractivity contribution in [3.05, 3.63) is 22.8 Å². The minimum atomic E-state index is -4.41. The van der Waals surface area contributed by atoms with Crippen molar-refractivity contribution in [1.29, 1.82) is 0 Å². The Morgan fingerprint density at radius 3 is 2.80 bits per heavy atom. The second-order valence-corrected chi connectivity index (χ2v) is 5.74. The van der Waals surface area contributed by atoms with Crippen LogP contribution in [0, 0.1) is 0 Å². The highest BCUT2D eigenvalue weighted by Crippen LogP contribution is 2.34. The second kappa shape index (κ2) is 5.07. The maximum atomic E-state index is 12.6. The number of fused-ring (bicyclic) bond motifs is 1. The average Bonchev–Trinajstić information content (AvgIpc) is 2.95. The number of anilines is 1. The quantitative estimate of drug-likeness (QED) is 0.907. The van der Waals surface area contributed by atoms with Gasteiger partial charge in [0.05, 0.1) is 10.6 Å². The van der Waals surface area contributed by atoms with Crippen molar-refractivity contribution in [1.82, 2.24) is 9.88 Å². The largest absolute Gasteiger partial charge is 0.417 e. The van der Waals surface area contributed by atoms with Crippen LogP contribution in [0.2, 0.25) is 5.02 Å². The third-order valence-corrected chi connectivity index (χ3v) is 4.38. The van der Waals surface area contributed by atoms with Gasteiger partial charge in [0.2, 0.25) is 0 Å². The minimum Gasteiger partial charge on any atom is -0.364 e. The Morgan fingerprint density at radius 2 is 2.10 bits per heavy atom. The van der Waals surface area contributed by atoms with E-state index < -0.39 is 11.7 Å². The van der Waals surface area contributed by atoms with Crippen LogP contribution in [0.3, 0.4) is 0 Å². The van der Waals surface area contributed by atoms with Crippen LogP contribution in [0.5, 0.6) is 0 Å². The van der Waals surface area contributed by atoms with E-state index in [0.717, 1.165) is 38.2 Å². The lowest BCUT2D eigenvalue weighted by Gasteiger charge is -2.22. The summed E-state index contributed by atoms with van der Waals surface area (Å²) in [5, 5.41) is 3.23. The Kier molecular flexibility index (Phi) is 3.54. The molecule has 1 aromatic heterocycles. The average molecular weight is 306 g/mol. The van der Waals surface area contributed by atoms with Crippen molar-refractivity contribution in [2.24, 2.45) is 0 Å². The van der Waals surface area contributed by atoms with Crippen molar-refractivity contribution in [3.63, 3.8) is 0 Å². The van der Waals surface area contributed by atoms with Gasteiger partial charge in [0.15, 0.2) is 0 Å². The zero-order chi connectivity index (χ0) is 14.3. The molecule has 3 heterocycles. The van der Waals surface area contributed by atoms with Gasteiger partial charge in [-0.25, -0.2) is 4.98 Å². The van der Waals surface area contributed by atoms with Crippen LogP contribution in [-0.4, -0.2) is 35.1 Å². The molecule has 0 spiro atoms. The summed E-state index contributed by atoms with van der Waals surface area (Å²) >= 11 is 5.92. The fourth-order valence-electron chi connectivity index (χ4n) is 3.13. The zero-order valence-corrected chi connectivity index (χ0v) is 11.5. The molecule has 0 amide bonds.